The fraction of sp³-hybridized carbons (Fsp3) is 0.538. The predicted octanol–water partition coefficient (Wildman–Crippen LogP) is 0.00560. The Morgan fingerprint density at radius 2 is 2.11 bits per heavy atom. The van der Waals surface area contributed by atoms with Crippen LogP contribution in [0.2, 0.25) is 0 Å². The number of nitrogens with two attached hydrogens (primary N) is 1. The van der Waals surface area contributed by atoms with Crippen molar-refractivity contribution in [3.63, 3.8) is 0 Å². The number of carbonyl (C=O) groups is 1. The molecule has 104 valence electrons. The summed E-state index contributed by atoms with van der Waals surface area (Å²) in [5, 5.41) is 9.03. The zero-order valence-corrected chi connectivity index (χ0v) is 11.1. The molecular formula is C13H20N4O2. The Morgan fingerprint density at radius 1 is 1.42 bits per heavy atom. The highest BCUT2D eigenvalue weighted by atomic mass is 16.4. The van der Waals surface area contributed by atoms with Crippen LogP contribution in [0.15, 0.2) is 24.4 Å². The van der Waals surface area contributed by atoms with Gasteiger partial charge in [0.2, 0.25) is 0 Å². The molecule has 0 spiro atoms. The topological polar surface area (TPSA) is 82.7 Å². The van der Waals surface area contributed by atoms with Gasteiger partial charge in [-0.05, 0) is 19.1 Å². The number of nitrogens with zero attached hydrogens (tertiary/aromatic N) is 3. The summed E-state index contributed by atoms with van der Waals surface area (Å²) in [5.41, 5.74) is 4.58. The lowest BCUT2D eigenvalue weighted by Gasteiger charge is -2.37. The first kappa shape index (κ1) is 13.8. The molecule has 1 saturated heterocycles. The number of aliphatic carboxylic acids is 1. The average Bonchev–Trinajstić information content (AvgIpc) is 2.40. The molecule has 1 atom stereocenters. The second kappa shape index (κ2) is 5.54. The van der Waals surface area contributed by atoms with Gasteiger partial charge in [-0.25, -0.2) is 4.98 Å². The highest BCUT2D eigenvalue weighted by Gasteiger charge is 2.31. The van der Waals surface area contributed by atoms with Crippen LogP contribution in [0.4, 0.5) is 5.82 Å². The Hall–Kier alpha value is -1.66. The van der Waals surface area contributed by atoms with Gasteiger partial charge in [0, 0.05) is 38.9 Å². The first-order valence-electron chi connectivity index (χ1n) is 6.40. The molecule has 6 nitrogen and oxygen atoms in total. The molecule has 1 aliphatic heterocycles. The van der Waals surface area contributed by atoms with Gasteiger partial charge < -0.3 is 15.7 Å². The minimum absolute atomic E-state index is 0.373. The summed E-state index contributed by atoms with van der Waals surface area (Å²) in [6.07, 6.45) is 1.78. The zero-order chi connectivity index (χ0) is 13.9. The van der Waals surface area contributed by atoms with Crippen LogP contribution in [0.3, 0.4) is 0 Å². The van der Waals surface area contributed by atoms with Gasteiger partial charge in [-0.15, -0.1) is 0 Å². The molecule has 1 fully saturated rings. The van der Waals surface area contributed by atoms with Crippen molar-refractivity contribution in [2.45, 2.75) is 12.5 Å². The molecule has 0 radical (unpaired) electrons. The second-order valence-corrected chi connectivity index (χ2v) is 5.17. The van der Waals surface area contributed by atoms with Crippen molar-refractivity contribution in [1.29, 1.82) is 0 Å². The molecule has 0 amide bonds. The molecule has 1 unspecified atom stereocenters. The van der Waals surface area contributed by atoms with Crippen molar-refractivity contribution in [2.24, 2.45) is 5.73 Å². The van der Waals surface area contributed by atoms with Crippen LogP contribution in [-0.4, -0.2) is 59.2 Å². The number of hydrogen-bond donors (Lipinski definition) is 2. The maximum atomic E-state index is 11.0. The van der Waals surface area contributed by atoms with Crippen molar-refractivity contribution < 1.29 is 9.90 Å². The van der Waals surface area contributed by atoms with E-state index >= 15 is 0 Å². The Balaban J connectivity index is 1.88. The summed E-state index contributed by atoms with van der Waals surface area (Å²) in [7, 11) is 0. The van der Waals surface area contributed by atoms with E-state index in [0.717, 1.165) is 32.0 Å². The standard InChI is InChI=1S/C13H20N4O2/c1-13(14,12(18)19)10-16-6-8-17(9-7-16)11-4-2-3-5-15-11/h2-5H,6-10,14H2,1H3,(H,18,19). The third-order valence-corrected chi connectivity index (χ3v) is 3.39. The van der Waals surface area contributed by atoms with Gasteiger partial charge in [0.15, 0.2) is 0 Å². The highest BCUT2D eigenvalue weighted by Crippen LogP contribution is 2.13. The lowest BCUT2D eigenvalue weighted by atomic mass is 10.0. The van der Waals surface area contributed by atoms with Gasteiger partial charge in [0.05, 0.1) is 0 Å². The van der Waals surface area contributed by atoms with Crippen LogP contribution < -0.4 is 10.6 Å². The van der Waals surface area contributed by atoms with Crippen molar-refractivity contribution in [3.8, 4) is 0 Å². The first-order valence-corrected chi connectivity index (χ1v) is 6.40. The number of carboxylic acid groups (broad SMARTS) is 1. The molecule has 1 aromatic heterocycles. The van der Waals surface area contributed by atoms with Gasteiger partial charge >= 0.3 is 5.97 Å². The van der Waals surface area contributed by atoms with Crippen LogP contribution in [0.25, 0.3) is 0 Å². The van der Waals surface area contributed by atoms with Crippen molar-refractivity contribution >= 4 is 11.8 Å². The van der Waals surface area contributed by atoms with Crippen LogP contribution in [0.1, 0.15) is 6.92 Å². The van der Waals surface area contributed by atoms with Crippen LogP contribution >= 0.6 is 0 Å². The van der Waals surface area contributed by atoms with Gasteiger partial charge in [-0.1, -0.05) is 6.07 Å². The lowest BCUT2D eigenvalue weighted by molar-refractivity contribution is -0.143. The van der Waals surface area contributed by atoms with E-state index in [-0.39, 0.29) is 0 Å². The normalized spacial score (nSPS) is 20.0. The predicted molar refractivity (Wildman–Crippen MR) is 73.1 cm³/mol. The van der Waals surface area contributed by atoms with Crippen molar-refractivity contribution in [1.82, 2.24) is 9.88 Å². The number of rotatable bonds is 4. The van der Waals surface area contributed by atoms with Crippen LogP contribution in [0.5, 0.6) is 0 Å². The van der Waals surface area contributed by atoms with E-state index in [1.165, 1.54) is 0 Å². The Morgan fingerprint density at radius 3 is 2.63 bits per heavy atom. The number of aromatic nitrogens is 1. The fourth-order valence-corrected chi connectivity index (χ4v) is 2.21. The van der Waals surface area contributed by atoms with E-state index < -0.39 is 11.5 Å². The maximum absolute atomic E-state index is 11.0. The van der Waals surface area contributed by atoms with E-state index in [2.05, 4.69) is 14.8 Å². The molecule has 1 aliphatic rings. The Labute approximate surface area is 112 Å². The fourth-order valence-electron chi connectivity index (χ4n) is 2.21. The van der Waals surface area contributed by atoms with Gasteiger partial charge in [0.25, 0.3) is 0 Å². The summed E-state index contributed by atoms with van der Waals surface area (Å²) >= 11 is 0. The molecule has 6 heteroatoms. The molecule has 2 heterocycles. The first-order chi connectivity index (χ1) is 8.99. The average molecular weight is 264 g/mol. The number of carboxylic acids is 1. The minimum atomic E-state index is -1.19. The van der Waals surface area contributed by atoms with E-state index in [1.807, 2.05) is 18.2 Å². The summed E-state index contributed by atoms with van der Waals surface area (Å²) in [6.45, 7) is 5.21. The lowest BCUT2D eigenvalue weighted by Crippen LogP contribution is -2.57. The second-order valence-electron chi connectivity index (χ2n) is 5.17. The molecule has 0 saturated carbocycles. The summed E-state index contributed by atoms with van der Waals surface area (Å²) in [6, 6.07) is 5.85. The number of anilines is 1. The molecule has 3 N–H and O–H groups in total. The number of pyridine rings is 1. The molecule has 0 aromatic carbocycles. The molecule has 19 heavy (non-hydrogen) atoms. The molecule has 1 aromatic rings. The molecule has 0 aliphatic carbocycles. The van der Waals surface area contributed by atoms with E-state index in [1.54, 1.807) is 13.1 Å². The zero-order valence-electron chi connectivity index (χ0n) is 11.1. The quantitative estimate of drug-likeness (QED) is 0.797. The minimum Gasteiger partial charge on any atom is -0.480 e. The molecule has 0 bridgehead atoms. The van der Waals surface area contributed by atoms with Gasteiger partial charge in [-0.2, -0.15) is 0 Å². The summed E-state index contributed by atoms with van der Waals surface area (Å²) in [4.78, 5) is 19.6. The largest absolute Gasteiger partial charge is 0.480 e. The highest BCUT2D eigenvalue weighted by molar-refractivity contribution is 5.78. The van der Waals surface area contributed by atoms with Crippen LogP contribution in [-0.2, 0) is 4.79 Å². The van der Waals surface area contributed by atoms with Crippen LogP contribution in [0, 0.1) is 0 Å². The summed E-state index contributed by atoms with van der Waals surface area (Å²) < 4.78 is 0. The SMILES string of the molecule is CC(N)(CN1CCN(c2ccccn2)CC1)C(=O)O. The molecular weight excluding hydrogens is 244 g/mol. The number of piperazine rings is 1. The Bertz CT molecular complexity index is 428. The van der Waals surface area contributed by atoms with E-state index in [9.17, 15) is 4.79 Å². The smallest absolute Gasteiger partial charge is 0.324 e. The van der Waals surface area contributed by atoms with E-state index in [0.29, 0.717) is 6.54 Å². The van der Waals surface area contributed by atoms with Gasteiger partial charge in [0.1, 0.15) is 11.4 Å². The summed E-state index contributed by atoms with van der Waals surface area (Å²) in [5.74, 6) is 0.00977. The van der Waals surface area contributed by atoms with Crippen molar-refractivity contribution in [2.75, 3.05) is 37.6 Å². The number of hydrogen-bond acceptors (Lipinski definition) is 5. The third-order valence-electron chi connectivity index (χ3n) is 3.39. The third kappa shape index (κ3) is 3.42. The van der Waals surface area contributed by atoms with E-state index in [4.69, 9.17) is 10.8 Å². The molecule has 2 rings (SSSR count). The maximum Gasteiger partial charge on any atom is 0.324 e. The monoisotopic (exact) mass is 264 g/mol. The Kier molecular flexibility index (Phi) is 4.01. The van der Waals surface area contributed by atoms with Crippen molar-refractivity contribution in [3.05, 3.63) is 24.4 Å². The van der Waals surface area contributed by atoms with Gasteiger partial charge in [-0.3, -0.25) is 9.69 Å².